The number of aromatic nitrogens is 3. The lowest BCUT2D eigenvalue weighted by atomic mass is 9.88. The summed E-state index contributed by atoms with van der Waals surface area (Å²) >= 11 is 2.71. The molecule has 162 valence electrons. The van der Waals surface area contributed by atoms with E-state index in [1.54, 1.807) is 0 Å². The van der Waals surface area contributed by atoms with Gasteiger partial charge in [-0.1, -0.05) is 49.9 Å². The smallest absolute Gasteiger partial charge is 0.251 e. The zero-order valence-corrected chi connectivity index (χ0v) is 19.2. The van der Waals surface area contributed by atoms with Crippen LogP contribution in [-0.2, 0) is 24.1 Å². The number of benzene rings is 1. The monoisotopic (exact) mass is 455 g/mol. The highest BCUT2D eigenvalue weighted by atomic mass is 32.2. The number of nitrogens with two attached hydrogens (primary N) is 1. The number of primary amides is 1. The third-order valence-electron chi connectivity index (χ3n) is 5.44. The van der Waals surface area contributed by atoms with E-state index in [4.69, 9.17) is 5.73 Å². The predicted octanol–water partition coefficient (Wildman–Crippen LogP) is 4.05. The van der Waals surface area contributed by atoms with Crippen molar-refractivity contribution in [3.8, 4) is 11.4 Å². The second kappa shape index (κ2) is 9.23. The van der Waals surface area contributed by atoms with Gasteiger partial charge in [-0.2, -0.15) is 0 Å². The van der Waals surface area contributed by atoms with Crippen LogP contribution in [0.3, 0.4) is 0 Å². The summed E-state index contributed by atoms with van der Waals surface area (Å²) in [5.41, 5.74) is 9.31. The Hall–Kier alpha value is -2.65. The number of rotatable bonds is 7. The average Bonchev–Trinajstić information content (AvgIpc) is 3.36. The Balaban J connectivity index is 1.40. The number of hydrogen-bond acceptors (Lipinski definition) is 6. The highest BCUT2D eigenvalue weighted by molar-refractivity contribution is 7.99. The highest BCUT2D eigenvalue weighted by Crippen LogP contribution is 2.39. The van der Waals surface area contributed by atoms with Gasteiger partial charge in [-0.25, -0.2) is 4.98 Å². The number of amides is 2. The molecule has 0 fully saturated rings. The van der Waals surface area contributed by atoms with E-state index in [9.17, 15) is 9.59 Å². The van der Waals surface area contributed by atoms with Gasteiger partial charge in [0.05, 0.1) is 11.3 Å². The summed E-state index contributed by atoms with van der Waals surface area (Å²) in [6, 6.07) is 8.14. The van der Waals surface area contributed by atoms with Crippen molar-refractivity contribution in [1.82, 2.24) is 15.2 Å². The van der Waals surface area contributed by atoms with Crippen LogP contribution >= 0.6 is 23.1 Å². The van der Waals surface area contributed by atoms with E-state index in [0.29, 0.717) is 27.5 Å². The molecule has 1 aliphatic carbocycles. The topological polar surface area (TPSA) is 114 Å². The summed E-state index contributed by atoms with van der Waals surface area (Å²) in [4.78, 5) is 30.2. The van der Waals surface area contributed by atoms with E-state index >= 15 is 0 Å². The van der Waals surface area contributed by atoms with Gasteiger partial charge >= 0.3 is 0 Å². The molecule has 7 nitrogen and oxygen atoms in total. The van der Waals surface area contributed by atoms with Gasteiger partial charge < -0.3 is 11.1 Å². The second-order valence-electron chi connectivity index (χ2n) is 7.77. The summed E-state index contributed by atoms with van der Waals surface area (Å²) in [5, 5.41) is 11.1. The first-order chi connectivity index (χ1) is 14.9. The minimum Gasteiger partial charge on any atom is -0.365 e. The molecule has 1 aromatic carbocycles. The molecule has 0 aliphatic heterocycles. The molecule has 2 amide bonds. The van der Waals surface area contributed by atoms with Crippen molar-refractivity contribution >= 4 is 39.9 Å². The molecule has 0 radical (unpaired) electrons. The zero-order valence-electron chi connectivity index (χ0n) is 17.5. The molecule has 3 aromatic rings. The molecule has 0 saturated carbocycles. The van der Waals surface area contributed by atoms with Crippen molar-refractivity contribution in [1.29, 1.82) is 0 Å². The number of carbonyl (C=O) groups is 2. The predicted molar refractivity (Wildman–Crippen MR) is 125 cm³/mol. The number of anilines is 1. The van der Waals surface area contributed by atoms with E-state index in [1.807, 2.05) is 12.1 Å². The largest absolute Gasteiger partial charge is 0.365 e. The first kappa shape index (κ1) is 21.6. The average molecular weight is 456 g/mol. The van der Waals surface area contributed by atoms with Crippen molar-refractivity contribution in [3.63, 3.8) is 0 Å². The Morgan fingerprint density at radius 2 is 2.10 bits per heavy atom. The maximum Gasteiger partial charge on any atom is 0.251 e. The highest BCUT2D eigenvalue weighted by Gasteiger charge is 2.27. The third-order valence-corrected chi connectivity index (χ3v) is 7.46. The molecule has 4 N–H and O–H groups in total. The molecule has 0 bridgehead atoms. The van der Waals surface area contributed by atoms with Gasteiger partial charge in [0.15, 0.2) is 5.82 Å². The molecule has 4 rings (SSSR count). The zero-order chi connectivity index (χ0) is 22.0. The summed E-state index contributed by atoms with van der Waals surface area (Å²) in [7, 11) is 0. The lowest BCUT2D eigenvalue weighted by Gasteiger charge is -2.18. The van der Waals surface area contributed by atoms with Crippen molar-refractivity contribution in [2.45, 2.75) is 44.7 Å². The third kappa shape index (κ3) is 4.83. The van der Waals surface area contributed by atoms with Crippen LogP contribution < -0.4 is 11.1 Å². The number of nitrogens with one attached hydrogen (secondary N) is 2. The fraction of sp³-hybridized carbons (Fsp3) is 0.364. The van der Waals surface area contributed by atoms with E-state index < -0.39 is 5.91 Å². The molecule has 0 spiro atoms. The van der Waals surface area contributed by atoms with Gasteiger partial charge in [-0.05, 0) is 42.7 Å². The number of hydrogen-bond donors (Lipinski definition) is 3. The quantitative estimate of drug-likeness (QED) is 0.465. The Kier molecular flexibility index (Phi) is 6.43. The van der Waals surface area contributed by atoms with Crippen LogP contribution in [0.1, 0.15) is 46.6 Å². The number of H-pyrrole nitrogens is 1. The number of thiophene rings is 1. The first-order valence-electron chi connectivity index (χ1n) is 10.3. The SMILES string of the molecule is CCc1ccc(-c2nc(SCC(=O)Nc3sc4c(c3C(N)=O)CC[C@H](C)C4)n[nH]2)cc1. The molecular weight excluding hydrogens is 430 g/mol. The number of carbonyl (C=O) groups excluding carboxylic acids is 2. The van der Waals surface area contributed by atoms with Crippen LogP contribution in [0.25, 0.3) is 11.4 Å². The minimum absolute atomic E-state index is 0.142. The van der Waals surface area contributed by atoms with E-state index in [0.717, 1.165) is 41.7 Å². The Bertz CT molecular complexity index is 1100. The number of fused-ring (bicyclic) bond motifs is 1. The number of thioether (sulfide) groups is 1. The standard InChI is InChI=1S/C22H25N5O2S2/c1-3-13-5-7-14(8-6-13)20-25-22(27-26-20)30-11-17(28)24-21-18(19(23)29)15-9-4-12(2)10-16(15)31-21/h5-8,12H,3-4,9-11H2,1-2H3,(H2,23,29)(H,24,28)(H,25,26,27)/t12-/m0/s1. The van der Waals surface area contributed by atoms with Crippen LogP contribution in [0.4, 0.5) is 5.00 Å². The molecule has 31 heavy (non-hydrogen) atoms. The summed E-state index contributed by atoms with van der Waals surface area (Å²) in [6.07, 6.45) is 3.76. The minimum atomic E-state index is -0.484. The van der Waals surface area contributed by atoms with Gasteiger partial charge in [0.25, 0.3) is 5.91 Å². The number of nitrogens with zero attached hydrogens (tertiary/aromatic N) is 2. The molecular formula is C22H25N5O2S2. The van der Waals surface area contributed by atoms with Crippen LogP contribution in [0, 0.1) is 5.92 Å². The lowest BCUT2D eigenvalue weighted by molar-refractivity contribution is -0.113. The van der Waals surface area contributed by atoms with Crippen LogP contribution in [0.2, 0.25) is 0 Å². The Morgan fingerprint density at radius 3 is 2.81 bits per heavy atom. The summed E-state index contributed by atoms with van der Waals surface area (Å²) < 4.78 is 0. The molecule has 9 heteroatoms. The number of aryl methyl sites for hydroxylation is 1. The molecule has 2 heterocycles. The van der Waals surface area contributed by atoms with E-state index in [-0.39, 0.29) is 11.7 Å². The van der Waals surface area contributed by atoms with Gasteiger partial charge in [-0.3, -0.25) is 14.7 Å². The molecule has 1 aliphatic rings. The van der Waals surface area contributed by atoms with Gasteiger partial charge in [-0.15, -0.1) is 16.4 Å². The maximum atomic E-state index is 12.5. The first-order valence-corrected chi connectivity index (χ1v) is 12.1. The molecule has 2 aromatic heterocycles. The summed E-state index contributed by atoms with van der Waals surface area (Å²) in [5.74, 6) is 0.690. The van der Waals surface area contributed by atoms with Crippen LogP contribution in [0.5, 0.6) is 0 Å². The van der Waals surface area contributed by atoms with Crippen molar-refractivity contribution < 1.29 is 9.59 Å². The fourth-order valence-electron chi connectivity index (χ4n) is 3.73. The van der Waals surface area contributed by atoms with E-state index in [1.165, 1.54) is 28.7 Å². The maximum absolute atomic E-state index is 12.5. The lowest BCUT2D eigenvalue weighted by Crippen LogP contribution is -2.20. The normalized spacial score (nSPS) is 15.5. The fourth-order valence-corrected chi connectivity index (χ4v) is 5.76. The van der Waals surface area contributed by atoms with Crippen molar-refractivity contribution in [3.05, 3.63) is 45.8 Å². The Morgan fingerprint density at radius 1 is 1.32 bits per heavy atom. The molecule has 0 unspecified atom stereocenters. The number of aromatic amines is 1. The van der Waals surface area contributed by atoms with Crippen LogP contribution in [0.15, 0.2) is 29.4 Å². The van der Waals surface area contributed by atoms with E-state index in [2.05, 4.69) is 46.5 Å². The summed E-state index contributed by atoms with van der Waals surface area (Å²) in [6.45, 7) is 4.31. The molecule has 0 saturated heterocycles. The van der Waals surface area contributed by atoms with Crippen molar-refractivity contribution in [2.75, 3.05) is 11.1 Å². The van der Waals surface area contributed by atoms with Gasteiger partial charge in [0.2, 0.25) is 11.1 Å². The Labute approximate surface area is 189 Å². The second-order valence-corrected chi connectivity index (χ2v) is 9.82. The van der Waals surface area contributed by atoms with Gasteiger partial charge in [0, 0.05) is 10.4 Å². The van der Waals surface area contributed by atoms with Gasteiger partial charge in [0.1, 0.15) is 5.00 Å². The van der Waals surface area contributed by atoms with Crippen LogP contribution in [-0.4, -0.2) is 32.7 Å². The molecule has 1 atom stereocenters. The van der Waals surface area contributed by atoms with Crippen molar-refractivity contribution in [2.24, 2.45) is 11.7 Å².